The molecule has 0 rings (SSSR count). The Balaban J connectivity index is -0.0000000200. The summed E-state index contributed by atoms with van der Waals surface area (Å²) < 4.78 is 1.61. The Morgan fingerprint density at radius 2 is 1.40 bits per heavy atom. The molecule has 5 heavy (non-hydrogen) atoms. The van der Waals surface area contributed by atoms with E-state index < -0.39 is 0 Å². The Kier molecular flexibility index (Phi) is 49.7. The van der Waals surface area contributed by atoms with Gasteiger partial charge in [-0.2, -0.15) is 0 Å². The van der Waals surface area contributed by atoms with Crippen LogP contribution < -0.4 is 48.0 Å². The molecular formula is C2H3I2Yb. The maximum absolute atomic E-state index is 3.30. The molecule has 0 N–H and O–H groups in total. The van der Waals surface area contributed by atoms with Gasteiger partial charge < -0.3 is 48.0 Å². The van der Waals surface area contributed by atoms with E-state index in [0.717, 1.165) is 0 Å². The molecule has 0 aromatic carbocycles. The standard InChI is InChI=1S/C2H3.2HI.Yb/c1-2;;;/h1H,2H2;2*1H;/q;;;+2/p-2. The maximum Gasteiger partial charge on any atom is -1.00 e. The van der Waals surface area contributed by atoms with Gasteiger partial charge in [0.15, 0.2) is 0 Å². The van der Waals surface area contributed by atoms with E-state index >= 15 is 0 Å². The summed E-state index contributed by atoms with van der Waals surface area (Å²) in [5.74, 6) is 0. The van der Waals surface area contributed by atoms with Crippen LogP contribution in [0, 0.1) is 44.6 Å². The zero-order chi connectivity index (χ0) is 2.71. The van der Waals surface area contributed by atoms with Crippen molar-refractivity contribution in [1.82, 2.24) is 0 Å². The van der Waals surface area contributed by atoms with Gasteiger partial charge >= 0.3 is 52.1 Å². The molecule has 0 atom stereocenters. The van der Waals surface area contributed by atoms with Crippen molar-refractivity contribution in [3.63, 3.8) is 0 Å². The van der Waals surface area contributed by atoms with Crippen molar-refractivity contribution >= 4 is 0 Å². The second-order valence-corrected chi connectivity index (χ2v) is 0.809. The zero-order valence-corrected chi connectivity index (χ0v) is 8.34. The van der Waals surface area contributed by atoms with E-state index in [1.165, 1.54) is 0 Å². The van der Waals surface area contributed by atoms with Gasteiger partial charge in [0, 0.05) is 0 Å². The van der Waals surface area contributed by atoms with Crippen LogP contribution in [0.4, 0.5) is 0 Å². The molecule has 0 fully saturated rings. The first-order valence-electron chi connectivity index (χ1n) is 0.563. The average Bonchev–Trinajstić information content (AvgIpc) is 0.918. The van der Waals surface area contributed by atoms with E-state index in [0.29, 0.717) is 0 Å². The topological polar surface area (TPSA) is 0 Å². The summed E-state index contributed by atoms with van der Waals surface area (Å²) in [6, 6.07) is 0. The fourth-order valence-corrected chi connectivity index (χ4v) is 0. The average molecular weight is 454 g/mol. The van der Waals surface area contributed by atoms with Crippen LogP contribution in [-0.2, 0) is 0 Å². The van der Waals surface area contributed by atoms with Crippen molar-refractivity contribution in [2.75, 3.05) is 0 Å². The van der Waals surface area contributed by atoms with Crippen molar-refractivity contribution in [3.8, 4) is 0 Å². The predicted molar refractivity (Wildman–Crippen MR) is 10.2 cm³/mol. The molecule has 0 heterocycles. The van der Waals surface area contributed by atoms with Crippen LogP contribution in [0.15, 0.2) is 7.41 Å². The Morgan fingerprint density at radius 3 is 1.40 bits per heavy atom. The molecular weight excluding hydrogens is 451 g/mol. The van der Waals surface area contributed by atoms with Crippen LogP contribution >= 0.6 is 0 Å². The van der Waals surface area contributed by atoms with E-state index in [4.69, 9.17) is 0 Å². The summed E-state index contributed by atoms with van der Waals surface area (Å²) in [5, 5.41) is 0. The summed E-state index contributed by atoms with van der Waals surface area (Å²) in [4.78, 5) is 0. The van der Waals surface area contributed by atoms with Crippen molar-refractivity contribution in [3.05, 3.63) is 7.41 Å². The smallest absolute Gasteiger partial charge is 1.00 e. The minimum atomic E-state index is 0. The van der Waals surface area contributed by atoms with E-state index in [1.807, 2.05) is 0 Å². The summed E-state index contributed by atoms with van der Waals surface area (Å²) in [6.07, 6.45) is 0. The molecule has 0 nitrogen and oxygen atoms in total. The minimum absolute atomic E-state index is 0. The van der Waals surface area contributed by atoms with Gasteiger partial charge in [-0.3, -0.25) is 0 Å². The maximum atomic E-state index is 3.30. The molecule has 0 aliphatic carbocycles. The van der Waals surface area contributed by atoms with Crippen LogP contribution in [0.5, 0.6) is 0 Å². The van der Waals surface area contributed by atoms with Gasteiger partial charge in [0.05, 0.1) is 0 Å². The molecule has 0 aromatic heterocycles. The van der Waals surface area contributed by atoms with Gasteiger partial charge in [0.25, 0.3) is 0 Å². The van der Waals surface area contributed by atoms with Gasteiger partial charge in [-0.05, 0) is 0 Å². The molecule has 0 spiro atoms. The van der Waals surface area contributed by atoms with E-state index in [-0.39, 0.29) is 48.0 Å². The van der Waals surface area contributed by atoms with Crippen molar-refractivity contribution in [2.45, 2.75) is 0 Å². The van der Waals surface area contributed by atoms with E-state index in [2.05, 4.69) is 51.2 Å². The normalized spacial score (nSPS) is 2.80. The SMILES string of the molecule is C=[CH][Yb+2].[I-].[I-]. The molecule has 39 valence electrons. The zero-order valence-electron chi connectivity index (χ0n) is 2.31. The fourth-order valence-electron chi connectivity index (χ4n) is 0. The molecule has 0 saturated carbocycles. The molecule has 0 amide bonds. The summed E-state index contributed by atoms with van der Waals surface area (Å²) >= 11 is 2.65. The van der Waals surface area contributed by atoms with Crippen LogP contribution in [-0.4, -0.2) is 0 Å². The number of hydrogen-bond acceptors (Lipinski definition) is 0. The number of hydrogen-bond donors (Lipinski definition) is 0. The molecule has 0 radical (unpaired) electrons. The molecule has 0 aliphatic heterocycles. The first-order chi connectivity index (χ1) is 1.41. The van der Waals surface area contributed by atoms with E-state index in [1.54, 1.807) is 0.834 Å². The van der Waals surface area contributed by atoms with Crippen molar-refractivity contribution in [1.29, 1.82) is 0 Å². The van der Waals surface area contributed by atoms with Crippen molar-refractivity contribution < 1.29 is 92.6 Å². The summed E-state index contributed by atoms with van der Waals surface area (Å²) in [5.41, 5.74) is 0. The minimum Gasteiger partial charge on any atom is -1.00 e. The quantitative estimate of drug-likeness (QED) is 0.322. The first kappa shape index (κ1) is 15.6. The molecule has 3 heteroatoms. The van der Waals surface area contributed by atoms with Crippen LogP contribution in [0.25, 0.3) is 0 Å². The monoisotopic (exact) mass is 455 g/mol. The van der Waals surface area contributed by atoms with Crippen molar-refractivity contribution in [2.24, 2.45) is 0 Å². The van der Waals surface area contributed by atoms with Gasteiger partial charge in [-0.1, -0.05) is 0 Å². The fraction of sp³-hybridized carbons (Fsp3) is 0. The van der Waals surface area contributed by atoms with E-state index in [9.17, 15) is 0 Å². The van der Waals surface area contributed by atoms with Crippen LogP contribution in [0.3, 0.4) is 0 Å². The summed E-state index contributed by atoms with van der Waals surface area (Å²) in [7, 11) is 0. The third-order valence-corrected chi connectivity index (χ3v) is 0. The van der Waals surface area contributed by atoms with Gasteiger partial charge in [-0.15, -0.1) is 0 Å². The summed E-state index contributed by atoms with van der Waals surface area (Å²) in [6.45, 7) is 3.30. The number of rotatable bonds is 0. The van der Waals surface area contributed by atoms with Gasteiger partial charge in [0.2, 0.25) is 0 Å². The Morgan fingerprint density at radius 1 is 1.40 bits per heavy atom. The van der Waals surface area contributed by atoms with Gasteiger partial charge in [-0.25, -0.2) is 0 Å². The van der Waals surface area contributed by atoms with Gasteiger partial charge in [0.1, 0.15) is 0 Å². The first-order valence-corrected chi connectivity index (χ1v) is 1.55. The second-order valence-electron chi connectivity index (χ2n) is 0.109. The molecule has 0 unspecified atom stereocenters. The van der Waals surface area contributed by atoms with Crippen LogP contribution in [0.1, 0.15) is 0 Å². The Labute approximate surface area is 97.4 Å². The van der Waals surface area contributed by atoms with Crippen LogP contribution in [0.2, 0.25) is 0 Å². The second kappa shape index (κ2) is 15.9. The predicted octanol–water partition coefficient (Wildman–Crippen LogP) is -5.31. The Hall–Kier alpha value is 2.72. The largest absolute Gasteiger partial charge is 1.00 e. The molecule has 0 saturated heterocycles. The molecule has 0 bridgehead atoms. The molecule has 0 aliphatic rings. The Bertz CT molecular complexity index is 15.1. The molecule has 0 aromatic rings. The third kappa shape index (κ3) is 20.2. The number of halogens is 2. The third-order valence-electron chi connectivity index (χ3n) is 0.